The first-order chi connectivity index (χ1) is 10.3. The fraction of sp³-hybridized carbons (Fsp3) is 0.429. The van der Waals surface area contributed by atoms with E-state index in [4.69, 9.17) is 4.74 Å². The number of ether oxygens (including phenoxy) is 1. The summed E-state index contributed by atoms with van der Waals surface area (Å²) in [4.78, 5) is 16.3. The van der Waals surface area contributed by atoms with Crippen LogP contribution in [0.1, 0.15) is 31.3 Å². The third-order valence-electron chi connectivity index (χ3n) is 3.02. The van der Waals surface area contributed by atoms with Crippen LogP contribution >= 0.6 is 0 Å². The topological polar surface area (TPSA) is 90.3 Å². The summed E-state index contributed by atoms with van der Waals surface area (Å²) in [6.45, 7) is 5.35. The van der Waals surface area contributed by atoms with Crippen LogP contribution in [0, 0.1) is 0 Å². The number of carbonyl (C=O) groups excluding carboxylic acids is 1. The van der Waals surface area contributed by atoms with Gasteiger partial charge < -0.3 is 9.30 Å². The van der Waals surface area contributed by atoms with E-state index in [9.17, 15) is 13.2 Å². The first-order valence-corrected chi connectivity index (χ1v) is 8.40. The number of hydrogen-bond donors (Lipinski definition) is 1. The number of rotatable bonds is 5. The molecule has 0 saturated carbocycles. The first kappa shape index (κ1) is 16.4. The van der Waals surface area contributed by atoms with Crippen LogP contribution < -0.4 is 4.72 Å². The summed E-state index contributed by atoms with van der Waals surface area (Å²) < 4.78 is 33.9. The zero-order valence-corrected chi connectivity index (χ0v) is 13.8. The Morgan fingerprint density at radius 3 is 2.73 bits per heavy atom. The second kappa shape index (κ2) is 6.05. The SMILES string of the molecule is CCOC(=O)c1c2cccnc2c(S(=O)(=O)NC(C)C)n1C. The number of fused-ring (bicyclic) bond motifs is 1. The second-order valence-electron chi connectivity index (χ2n) is 5.11. The van der Waals surface area contributed by atoms with Crippen molar-refractivity contribution in [3.63, 3.8) is 0 Å². The van der Waals surface area contributed by atoms with E-state index in [-0.39, 0.29) is 28.9 Å². The lowest BCUT2D eigenvalue weighted by Gasteiger charge is -2.11. The molecule has 2 aromatic heterocycles. The van der Waals surface area contributed by atoms with Crippen molar-refractivity contribution in [2.45, 2.75) is 31.8 Å². The van der Waals surface area contributed by atoms with Crippen LogP contribution in [0.15, 0.2) is 23.4 Å². The molecule has 0 unspecified atom stereocenters. The zero-order chi connectivity index (χ0) is 16.5. The molecule has 22 heavy (non-hydrogen) atoms. The molecule has 2 aromatic rings. The highest BCUT2D eigenvalue weighted by atomic mass is 32.2. The number of sulfonamides is 1. The van der Waals surface area contributed by atoms with E-state index in [1.54, 1.807) is 32.9 Å². The number of carbonyl (C=O) groups is 1. The molecule has 0 amide bonds. The maximum Gasteiger partial charge on any atom is 0.355 e. The Bertz CT molecular complexity index is 809. The summed E-state index contributed by atoms with van der Waals surface area (Å²) in [5, 5.41) is 0.410. The molecule has 0 saturated heterocycles. The van der Waals surface area contributed by atoms with E-state index < -0.39 is 16.0 Å². The van der Waals surface area contributed by atoms with Crippen LogP contribution in [-0.2, 0) is 21.8 Å². The van der Waals surface area contributed by atoms with Crippen LogP contribution in [0.2, 0.25) is 0 Å². The van der Waals surface area contributed by atoms with Gasteiger partial charge in [-0.25, -0.2) is 17.9 Å². The molecule has 1 N–H and O–H groups in total. The highest BCUT2D eigenvalue weighted by Crippen LogP contribution is 2.27. The Kier molecular flexibility index (Phi) is 4.52. The average molecular weight is 325 g/mol. The summed E-state index contributed by atoms with van der Waals surface area (Å²) >= 11 is 0. The van der Waals surface area contributed by atoms with E-state index in [1.807, 2.05) is 0 Å². The molecule has 0 atom stereocenters. The van der Waals surface area contributed by atoms with Gasteiger partial charge in [0.25, 0.3) is 10.0 Å². The Balaban J connectivity index is 2.76. The van der Waals surface area contributed by atoms with E-state index in [0.29, 0.717) is 5.39 Å². The Morgan fingerprint density at radius 1 is 1.45 bits per heavy atom. The summed E-state index contributed by atoms with van der Waals surface area (Å²) in [6, 6.07) is 3.03. The van der Waals surface area contributed by atoms with Gasteiger partial charge in [-0.2, -0.15) is 0 Å². The maximum atomic E-state index is 12.5. The molecule has 2 heterocycles. The molecule has 0 aliphatic heterocycles. The minimum Gasteiger partial charge on any atom is -0.461 e. The lowest BCUT2D eigenvalue weighted by molar-refractivity contribution is 0.0516. The normalized spacial score (nSPS) is 12.0. The van der Waals surface area contributed by atoms with Gasteiger partial charge in [-0.05, 0) is 32.9 Å². The molecule has 0 fully saturated rings. The van der Waals surface area contributed by atoms with Gasteiger partial charge in [0.2, 0.25) is 0 Å². The standard InChI is InChI=1S/C14H19N3O4S/c1-5-21-14(18)12-10-7-6-8-15-11(10)13(17(12)4)22(19,20)16-9(2)3/h6-9,16H,5H2,1-4H3. The van der Waals surface area contributed by atoms with Crippen LogP contribution in [-0.4, -0.2) is 36.6 Å². The number of esters is 1. The molecule has 0 aliphatic carbocycles. The average Bonchev–Trinajstić information content (AvgIpc) is 2.69. The molecular weight excluding hydrogens is 306 g/mol. The van der Waals surface area contributed by atoms with Gasteiger partial charge in [-0.1, -0.05) is 0 Å². The molecule has 120 valence electrons. The fourth-order valence-corrected chi connectivity index (χ4v) is 3.93. The predicted molar refractivity (Wildman–Crippen MR) is 82.1 cm³/mol. The third-order valence-corrected chi connectivity index (χ3v) is 4.78. The molecule has 0 spiro atoms. The third kappa shape index (κ3) is 2.84. The lowest BCUT2D eigenvalue weighted by atomic mass is 10.2. The summed E-state index contributed by atoms with van der Waals surface area (Å²) in [7, 11) is -2.29. The number of nitrogens with zero attached hydrogens (tertiary/aromatic N) is 2. The Labute approximate surface area is 129 Å². The van der Waals surface area contributed by atoms with Gasteiger partial charge in [-0.15, -0.1) is 0 Å². The maximum absolute atomic E-state index is 12.5. The Hall–Kier alpha value is -1.93. The first-order valence-electron chi connectivity index (χ1n) is 6.92. The zero-order valence-electron chi connectivity index (χ0n) is 13.0. The summed E-state index contributed by atoms with van der Waals surface area (Å²) in [6.07, 6.45) is 1.49. The van der Waals surface area contributed by atoms with Crippen molar-refractivity contribution in [2.75, 3.05) is 6.61 Å². The largest absolute Gasteiger partial charge is 0.461 e. The van der Waals surface area contributed by atoms with E-state index in [2.05, 4.69) is 9.71 Å². The molecule has 8 heteroatoms. The highest BCUT2D eigenvalue weighted by Gasteiger charge is 2.29. The van der Waals surface area contributed by atoms with Gasteiger partial charge in [0.1, 0.15) is 11.2 Å². The van der Waals surface area contributed by atoms with E-state index in [1.165, 1.54) is 17.8 Å². The van der Waals surface area contributed by atoms with Gasteiger partial charge in [0, 0.05) is 24.7 Å². The van der Waals surface area contributed by atoms with Crippen molar-refractivity contribution in [1.82, 2.24) is 14.3 Å². The lowest BCUT2D eigenvalue weighted by Crippen LogP contribution is -2.32. The van der Waals surface area contributed by atoms with Crippen molar-refractivity contribution in [3.8, 4) is 0 Å². The molecule has 0 aliphatic rings. The number of hydrogen-bond acceptors (Lipinski definition) is 5. The fourth-order valence-electron chi connectivity index (χ4n) is 2.33. The van der Waals surface area contributed by atoms with E-state index in [0.717, 1.165) is 0 Å². The molecular formula is C14H19N3O4S. The van der Waals surface area contributed by atoms with Crippen molar-refractivity contribution < 1.29 is 17.9 Å². The molecule has 2 rings (SSSR count). The van der Waals surface area contributed by atoms with E-state index >= 15 is 0 Å². The monoisotopic (exact) mass is 325 g/mol. The van der Waals surface area contributed by atoms with Crippen LogP contribution in [0.5, 0.6) is 0 Å². The van der Waals surface area contributed by atoms with Gasteiger partial charge in [-0.3, -0.25) is 4.98 Å². The molecule has 0 aromatic carbocycles. The predicted octanol–water partition coefficient (Wildman–Crippen LogP) is 1.44. The van der Waals surface area contributed by atoms with Gasteiger partial charge in [0.15, 0.2) is 5.03 Å². The minimum absolute atomic E-state index is 0.0418. The second-order valence-corrected chi connectivity index (χ2v) is 6.74. The smallest absolute Gasteiger partial charge is 0.355 e. The van der Waals surface area contributed by atoms with Crippen molar-refractivity contribution in [3.05, 3.63) is 24.0 Å². The van der Waals surface area contributed by atoms with Gasteiger partial charge >= 0.3 is 5.97 Å². The summed E-state index contributed by atoms with van der Waals surface area (Å²) in [5.41, 5.74) is 0.426. The van der Waals surface area contributed by atoms with Crippen LogP contribution in [0.4, 0.5) is 0 Å². The minimum atomic E-state index is -3.80. The van der Waals surface area contributed by atoms with Crippen molar-refractivity contribution >= 4 is 26.9 Å². The number of nitrogens with one attached hydrogen (secondary N) is 1. The number of pyridine rings is 1. The van der Waals surface area contributed by atoms with Crippen molar-refractivity contribution in [2.24, 2.45) is 7.05 Å². The van der Waals surface area contributed by atoms with Crippen LogP contribution in [0.3, 0.4) is 0 Å². The number of aromatic nitrogens is 2. The van der Waals surface area contributed by atoms with Crippen LogP contribution in [0.25, 0.3) is 10.9 Å². The Morgan fingerprint density at radius 2 is 2.14 bits per heavy atom. The summed E-state index contributed by atoms with van der Waals surface area (Å²) in [5.74, 6) is -0.575. The highest BCUT2D eigenvalue weighted by molar-refractivity contribution is 7.89. The van der Waals surface area contributed by atoms with Crippen molar-refractivity contribution in [1.29, 1.82) is 0 Å². The molecule has 0 radical (unpaired) electrons. The molecule has 0 bridgehead atoms. The quantitative estimate of drug-likeness (QED) is 0.840. The van der Waals surface area contributed by atoms with Gasteiger partial charge in [0.05, 0.1) is 6.61 Å². The molecule has 7 nitrogen and oxygen atoms in total.